The maximum atomic E-state index is 12.2. The van der Waals surface area contributed by atoms with Gasteiger partial charge in [0.2, 0.25) is 0 Å². The lowest BCUT2D eigenvalue weighted by molar-refractivity contribution is 0.690. The van der Waals surface area contributed by atoms with Gasteiger partial charge in [-0.25, -0.2) is 9.20 Å². The minimum atomic E-state index is -1.06. The first kappa shape index (κ1) is 11.4. The fraction of sp³-hybridized carbons (Fsp3) is 0.133. The van der Waals surface area contributed by atoms with Crippen LogP contribution in [0.4, 0.5) is 5.69 Å². The molecule has 0 aliphatic carbocycles. The predicted molar refractivity (Wildman–Crippen MR) is 74.7 cm³/mol. The molecule has 0 bridgehead atoms. The minimum absolute atomic E-state index is 0.755. The summed E-state index contributed by atoms with van der Waals surface area (Å²) in [6, 6.07) is 17.9. The topological polar surface area (TPSA) is 29.4 Å². The summed E-state index contributed by atoms with van der Waals surface area (Å²) in [4.78, 5) is 5.31. The van der Waals surface area contributed by atoms with Crippen LogP contribution in [0.2, 0.25) is 0 Å². The molecule has 1 aliphatic heterocycles. The third kappa shape index (κ3) is 2.14. The lowest BCUT2D eigenvalue weighted by Crippen LogP contribution is -2.04. The molecule has 0 spiro atoms. The molecule has 1 aliphatic rings. The molecule has 3 heteroatoms. The number of rotatable bonds is 3. The SMILES string of the molecule is O=S1C(CCc2ccccc2)=Nc2ccccc21. The lowest BCUT2D eigenvalue weighted by Gasteiger charge is -2.00. The van der Waals surface area contributed by atoms with E-state index in [1.54, 1.807) is 0 Å². The summed E-state index contributed by atoms with van der Waals surface area (Å²) in [6.45, 7) is 0. The van der Waals surface area contributed by atoms with Crippen molar-refractivity contribution in [1.29, 1.82) is 0 Å². The van der Waals surface area contributed by atoms with Crippen LogP contribution in [0, 0.1) is 0 Å². The van der Waals surface area contributed by atoms with Crippen LogP contribution in [0.15, 0.2) is 64.5 Å². The maximum Gasteiger partial charge on any atom is 0.110 e. The molecule has 0 N–H and O–H groups in total. The molecule has 2 aromatic carbocycles. The van der Waals surface area contributed by atoms with Gasteiger partial charge in [0.25, 0.3) is 0 Å². The maximum absolute atomic E-state index is 12.2. The lowest BCUT2D eigenvalue weighted by atomic mass is 10.1. The molecule has 0 saturated heterocycles. The Morgan fingerprint density at radius 3 is 2.39 bits per heavy atom. The van der Waals surface area contributed by atoms with Gasteiger partial charge < -0.3 is 0 Å². The number of hydrogen-bond acceptors (Lipinski definition) is 2. The van der Waals surface area contributed by atoms with Crippen LogP contribution >= 0.6 is 0 Å². The molecule has 2 aromatic rings. The van der Waals surface area contributed by atoms with E-state index in [4.69, 9.17) is 0 Å². The summed E-state index contributed by atoms with van der Waals surface area (Å²) in [5, 5.41) is 0.792. The van der Waals surface area contributed by atoms with Crippen molar-refractivity contribution in [3.8, 4) is 0 Å². The van der Waals surface area contributed by atoms with Crippen molar-refractivity contribution in [2.24, 2.45) is 4.99 Å². The summed E-state index contributed by atoms with van der Waals surface area (Å²) in [6.07, 6.45) is 1.64. The van der Waals surface area contributed by atoms with E-state index in [1.807, 2.05) is 42.5 Å². The molecule has 0 radical (unpaired) electrons. The quantitative estimate of drug-likeness (QED) is 0.825. The second-order valence-electron chi connectivity index (χ2n) is 4.23. The molecular formula is C15H13NOS. The van der Waals surface area contributed by atoms with Gasteiger partial charge in [-0.15, -0.1) is 0 Å². The number of aliphatic imine (C=N–C) groups is 1. The second-order valence-corrected chi connectivity index (χ2v) is 5.68. The average molecular weight is 255 g/mol. The van der Waals surface area contributed by atoms with E-state index in [9.17, 15) is 4.21 Å². The van der Waals surface area contributed by atoms with Gasteiger partial charge in [0.05, 0.1) is 10.6 Å². The summed E-state index contributed by atoms with van der Waals surface area (Å²) in [5.41, 5.74) is 2.12. The summed E-state index contributed by atoms with van der Waals surface area (Å²) in [7, 11) is -1.06. The monoisotopic (exact) mass is 255 g/mol. The molecule has 1 unspecified atom stereocenters. The summed E-state index contributed by atoms with van der Waals surface area (Å²) >= 11 is 0. The third-order valence-corrected chi connectivity index (χ3v) is 4.46. The molecule has 90 valence electrons. The minimum Gasteiger partial charge on any atom is -0.248 e. The number of benzene rings is 2. The van der Waals surface area contributed by atoms with E-state index in [0.29, 0.717) is 0 Å². The molecule has 18 heavy (non-hydrogen) atoms. The normalized spacial score (nSPS) is 17.3. The van der Waals surface area contributed by atoms with Crippen LogP contribution in [0.25, 0.3) is 0 Å². The smallest absolute Gasteiger partial charge is 0.110 e. The first-order chi connectivity index (χ1) is 8.84. The number of hydrogen-bond donors (Lipinski definition) is 0. The Balaban J connectivity index is 1.75. The highest BCUT2D eigenvalue weighted by atomic mass is 32.2. The Kier molecular flexibility index (Phi) is 3.07. The molecule has 0 saturated carbocycles. The van der Waals surface area contributed by atoms with Gasteiger partial charge in [0.15, 0.2) is 0 Å². The number of nitrogens with zero attached hydrogens (tertiary/aromatic N) is 1. The molecule has 2 nitrogen and oxygen atoms in total. The largest absolute Gasteiger partial charge is 0.248 e. The van der Waals surface area contributed by atoms with Crippen molar-refractivity contribution < 1.29 is 4.21 Å². The van der Waals surface area contributed by atoms with Gasteiger partial charge in [-0.1, -0.05) is 42.5 Å². The highest BCUT2D eigenvalue weighted by molar-refractivity contribution is 8.01. The summed E-state index contributed by atoms with van der Waals surface area (Å²) < 4.78 is 12.2. The molecule has 1 heterocycles. The Hall–Kier alpha value is -1.74. The zero-order valence-corrected chi connectivity index (χ0v) is 10.7. The number of fused-ring (bicyclic) bond motifs is 1. The van der Waals surface area contributed by atoms with Crippen LogP contribution < -0.4 is 0 Å². The predicted octanol–water partition coefficient (Wildman–Crippen LogP) is 3.47. The van der Waals surface area contributed by atoms with Crippen molar-refractivity contribution in [3.05, 3.63) is 60.2 Å². The van der Waals surface area contributed by atoms with E-state index in [2.05, 4.69) is 17.1 Å². The van der Waals surface area contributed by atoms with Crippen LogP contribution in [0.3, 0.4) is 0 Å². The van der Waals surface area contributed by atoms with Crippen LogP contribution in [-0.4, -0.2) is 9.25 Å². The van der Waals surface area contributed by atoms with Gasteiger partial charge in [0.1, 0.15) is 15.8 Å². The van der Waals surface area contributed by atoms with Crippen LogP contribution in [0.1, 0.15) is 12.0 Å². The Morgan fingerprint density at radius 2 is 1.61 bits per heavy atom. The number of aryl methyl sites for hydroxylation is 1. The molecule has 0 fully saturated rings. The van der Waals surface area contributed by atoms with Crippen molar-refractivity contribution in [3.63, 3.8) is 0 Å². The van der Waals surface area contributed by atoms with Crippen LogP contribution in [-0.2, 0) is 17.2 Å². The molecule has 0 aromatic heterocycles. The van der Waals surface area contributed by atoms with Gasteiger partial charge >= 0.3 is 0 Å². The van der Waals surface area contributed by atoms with Crippen molar-refractivity contribution in [2.45, 2.75) is 17.7 Å². The van der Waals surface area contributed by atoms with Gasteiger partial charge in [-0.2, -0.15) is 0 Å². The standard InChI is InChI=1S/C15H13NOS/c17-18-14-9-5-4-8-13(14)16-15(18)11-10-12-6-2-1-3-7-12/h1-9H,10-11H2. The molecular weight excluding hydrogens is 242 g/mol. The Bertz CT molecular complexity index is 619. The van der Waals surface area contributed by atoms with Crippen LogP contribution in [0.5, 0.6) is 0 Å². The third-order valence-electron chi connectivity index (χ3n) is 2.99. The number of para-hydroxylation sites is 1. The highest BCUT2D eigenvalue weighted by Crippen LogP contribution is 2.30. The molecule has 0 amide bonds. The van der Waals surface area contributed by atoms with Gasteiger partial charge in [0, 0.05) is 6.42 Å². The fourth-order valence-corrected chi connectivity index (χ4v) is 3.28. The van der Waals surface area contributed by atoms with Crippen molar-refractivity contribution in [1.82, 2.24) is 0 Å². The molecule has 3 rings (SSSR count). The van der Waals surface area contributed by atoms with E-state index in [0.717, 1.165) is 28.5 Å². The first-order valence-corrected chi connectivity index (χ1v) is 7.12. The summed E-state index contributed by atoms with van der Waals surface area (Å²) in [5.74, 6) is 0. The fourth-order valence-electron chi connectivity index (χ4n) is 2.05. The van der Waals surface area contributed by atoms with Crippen molar-refractivity contribution >= 4 is 21.5 Å². The highest BCUT2D eigenvalue weighted by Gasteiger charge is 2.21. The zero-order valence-electron chi connectivity index (χ0n) is 9.87. The first-order valence-electron chi connectivity index (χ1n) is 5.97. The van der Waals surface area contributed by atoms with Gasteiger partial charge in [-0.05, 0) is 24.1 Å². The second kappa shape index (κ2) is 4.86. The van der Waals surface area contributed by atoms with Gasteiger partial charge in [-0.3, -0.25) is 0 Å². The molecule has 1 atom stereocenters. The van der Waals surface area contributed by atoms with Crippen molar-refractivity contribution in [2.75, 3.05) is 0 Å². The van der Waals surface area contributed by atoms with E-state index in [1.165, 1.54) is 5.56 Å². The van der Waals surface area contributed by atoms with E-state index < -0.39 is 10.8 Å². The average Bonchev–Trinajstić information content (AvgIpc) is 2.75. The zero-order chi connectivity index (χ0) is 12.4. The van der Waals surface area contributed by atoms with E-state index in [-0.39, 0.29) is 0 Å². The Labute approximate surface area is 109 Å². The Morgan fingerprint density at radius 1 is 0.889 bits per heavy atom. The van der Waals surface area contributed by atoms with E-state index >= 15 is 0 Å².